The molecule has 20 heavy (non-hydrogen) atoms. The van der Waals surface area contributed by atoms with Crippen LogP contribution in [0.25, 0.3) is 0 Å². The summed E-state index contributed by atoms with van der Waals surface area (Å²) in [6.07, 6.45) is 9.54. The van der Waals surface area contributed by atoms with Crippen LogP contribution in [0, 0.1) is 5.41 Å². The number of hydrogen-bond acceptors (Lipinski definition) is 3. The largest absolute Gasteiger partial charge is 0.381 e. The van der Waals surface area contributed by atoms with Crippen molar-refractivity contribution in [1.29, 1.82) is 0 Å². The Morgan fingerprint density at radius 3 is 2.20 bits per heavy atom. The monoisotopic (exact) mass is 282 g/mol. The van der Waals surface area contributed by atoms with E-state index in [0.717, 1.165) is 19.8 Å². The van der Waals surface area contributed by atoms with Gasteiger partial charge in [-0.05, 0) is 44.2 Å². The van der Waals surface area contributed by atoms with Crippen LogP contribution in [0.15, 0.2) is 0 Å². The Morgan fingerprint density at radius 2 is 1.60 bits per heavy atom. The first-order valence-electron chi connectivity index (χ1n) is 8.74. The van der Waals surface area contributed by atoms with E-state index in [1.54, 1.807) is 0 Å². The maximum atomic E-state index is 5.62. The zero-order valence-corrected chi connectivity index (χ0v) is 13.6. The van der Waals surface area contributed by atoms with Crippen LogP contribution in [0.1, 0.15) is 58.8 Å². The molecule has 2 aliphatic heterocycles. The van der Waals surface area contributed by atoms with Crippen molar-refractivity contribution in [3.63, 3.8) is 0 Å². The molecule has 0 aromatic rings. The lowest BCUT2D eigenvalue weighted by atomic mass is 9.79. The molecule has 0 bridgehead atoms. The Balaban J connectivity index is 1.90. The maximum Gasteiger partial charge on any atom is 0.0472 e. The number of ether oxygens (including phenoxy) is 1. The van der Waals surface area contributed by atoms with E-state index < -0.39 is 0 Å². The van der Waals surface area contributed by atoms with Gasteiger partial charge in [-0.1, -0.05) is 33.1 Å². The van der Waals surface area contributed by atoms with Crippen LogP contribution in [0.3, 0.4) is 0 Å². The maximum absolute atomic E-state index is 5.62. The summed E-state index contributed by atoms with van der Waals surface area (Å²) < 4.78 is 5.62. The fraction of sp³-hybridized carbons (Fsp3) is 1.00. The minimum atomic E-state index is 0.446. The van der Waals surface area contributed by atoms with Gasteiger partial charge in [0.15, 0.2) is 0 Å². The Kier molecular flexibility index (Phi) is 6.79. The third-order valence-corrected chi connectivity index (χ3v) is 4.95. The van der Waals surface area contributed by atoms with Crippen molar-refractivity contribution in [2.75, 3.05) is 39.4 Å². The standard InChI is InChI=1S/C17H34N2O/c1-16(2)18-14-17(8-12-20-13-9-17)15-19-10-6-4-3-5-7-11-19/h16,18H,3-15H2,1-2H3. The number of rotatable bonds is 5. The first-order chi connectivity index (χ1) is 9.70. The highest BCUT2D eigenvalue weighted by Gasteiger charge is 2.34. The SMILES string of the molecule is CC(C)NCC1(CN2CCCCCCC2)CCOCC1. The van der Waals surface area contributed by atoms with Gasteiger partial charge in [0.1, 0.15) is 0 Å². The number of hydrogen-bond donors (Lipinski definition) is 1. The van der Waals surface area contributed by atoms with Crippen LogP contribution in [-0.2, 0) is 4.74 Å². The van der Waals surface area contributed by atoms with Crippen LogP contribution >= 0.6 is 0 Å². The first kappa shape index (κ1) is 16.3. The van der Waals surface area contributed by atoms with E-state index in [4.69, 9.17) is 4.74 Å². The van der Waals surface area contributed by atoms with E-state index in [-0.39, 0.29) is 0 Å². The summed E-state index contributed by atoms with van der Waals surface area (Å²) in [5.41, 5.74) is 0.446. The Hall–Kier alpha value is -0.120. The van der Waals surface area contributed by atoms with Gasteiger partial charge in [-0.3, -0.25) is 0 Å². The number of nitrogens with zero attached hydrogens (tertiary/aromatic N) is 1. The molecule has 0 radical (unpaired) electrons. The zero-order chi connectivity index (χ0) is 14.3. The van der Waals surface area contributed by atoms with Crippen molar-refractivity contribution in [3.8, 4) is 0 Å². The van der Waals surface area contributed by atoms with Crippen molar-refractivity contribution in [2.24, 2.45) is 5.41 Å². The molecule has 2 heterocycles. The van der Waals surface area contributed by atoms with Gasteiger partial charge >= 0.3 is 0 Å². The highest BCUT2D eigenvalue weighted by molar-refractivity contribution is 4.88. The lowest BCUT2D eigenvalue weighted by Crippen LogP contribution is -2.49. The molecule has 2 rings (SSSR count). The molecule has 0 aromatic carbocycles. The summed E-state index contributed by atoms with van der Waals surface area (Å²) in [6, 6.07) is 0.585. The van der Waals surface area contributed by atoms with E-state index in [1.165, 1.54) is 64.6 Å². The van der Waals surface area contributed by atoms with Crippen molar-refractivity contribution in [2.45, 2.75) is 64.8 Å². The molecular formula is C17H34N2O. The second-order valence-corrected chi connectivity index (χ2v) is 7.19. The lowest BCUT2D eigenvalue weighted by Gasteiger charge is -2.42. The molecule has 0 saturated carbocycles. The Bertz CT molecular complexity index is 254. The molecule has 2 saturated heterocycles. The van der Waals surface area contributed by atoms with E-state index in [2.05, 4.69) is 24.1 Å². The smallest absolute Gasteiger partial charge is 0.0472 e. The molecule has 0 unspecified atom stereocenters. The van der Waals surface area contributed by atoms with Gasteiger partial charge in [0.2, 0.25) is 0 Å². The highest BCUT2D eigenvalue weighted by atomic mass is 16.5. The van der Waals surface area contributed by atoms with E-state index in [1.807, 2.05) is 0 Å². The van der Waals surface area contributed by atoms with Crippen molar-refractivity contribution >= 4 is 0 Å². The van der Waals surface area contributed by atoms with Crippen molar-refractivity contribution in [1.82, 2.24) is 10.2 Å². The normalized spacial score (nSPS) is 25.4. The van der Waals surface area contributed by atoms with Gasteiger partial charge < -0.3 is 15.0 Å². The van der Waals surface area contributed by atoms with Gasteiger partial charge in [-0.25, -0.2) is 0 Å². The summed E-state index contributed by atoms with van der Waals surface area (Å²) in [7, 11) is 0. The van der Waals surface area contributed by atoms with Crippen LogP contribution in [0.4, 0.5) is 0 Å². The van der Waals surface area contributed by atoms with E-state index in [9.17, 15) is 0 Å². The molecule has 0 atom stereocenters. The van der Waals surface area contributed by atoms with Gasteiger partial charge in [0, 0.05) is 32.3 Å². The summed E-state index contributed by atoms with van der Waals surface area (Å²) in [6.45, 7) is 11.5. The second kappa shape index (κ2) is 8.35. The third kappa shape index (κ3) is 5.34. The Labute approximate surface area is 125 Å². The van der Waals surface area contributed by atoms with Crippen LogP contribution in [0.2, 0.25) is 0 Å². The van der Waals surface area contributed by atoms with E-state index in [0.29, 0.717) is 11.5 Å². The zero-order valence-electron chi connectivity index (χ0n) is 13.6. The van der Waals surface area contributed by atoms with Crippen molar-refractivity contribution in [3.05, 3.63) is 0 Å². The molecule has 2 aliphatic rings. The highest BCUT2D eigenvalue weighted by Crippen LogP contribution is 2.31. The minimum Gasteiger partial charge on any atom is -0.381 e. The second-order valence-electron chi connectivity index (χ2n) is 7.19. The van der Waals surface area contributed by atoms with Crippen LogP contribution in [0.5, 0.6) is 0 Å². The molecule has 0 spiro atoms. The van der Waals surface area contributed by atoms with Crippen LogP contribution in [-0.4, -0.2) is 50.3 Å². The van der Waals surface area contributed by atoms with Gasteiger partial charge in [0.05, 0.1) is 0 Å². The molecule has 0 aliphatic carbocycles. The molecule has 3 nitrogen and oxygen atoms in total. The first-order valence-corrected chi connectivity index (χ1v) is 8.74. The fourth-order valence-corrected chi connectivity index (χ4v) is 3.56. The summed E-state index contributed by atoms with van der Waals surface area (Å²) in [5.74, 6) is 0. The molecule has 118 valence electrons. The predicted molar refractivity (Wildman–Crippen MR) is 85.1 cm³/mol. The molecule has 1 N–H and O–H groups in total. The average Bonchev–Trinajstić information content (AvgIpc) is 2.41. The summed E-state index contributed by atoms with van der Waals surface area (Å²) in [4.78, 5) is 2.74. The number of likely N-dealkylation sites (tertiary alicyclic amines) is 1. The van der Waals surface area contributed by atoms with Crippen molar-refractivity contribution < 1.29 is 4.74 Å². The molecule has 2 fully saturated rings. The summed E-state index contributed by atoms with van der Waals surface area (Å²) >= 11 is 0. The van der Waals surface area contributed by atoms with Gasteiger partial charge in [-0.2, -0.15) is 0 Å². The van der Waals surface area contributed by atoms with E-state index >= 15 is 0 Å². The minimum absolute atomic E-state index is 0.446. The molecular weight excluding hydrogens is 248 g/mol. The predicted octanol–water partition coefficient (Wildman–Crippen LogP) is 3.05. The lowest BCUT2D eigenvalue weighted by molar-refractivity contribution is -0.00630. The fourth-order valence-electron chi connectivity index (χ4n) is 3.56. The van der Waals surface area contributed by atoms with Crippen LogP contribution < -0.4 is 5.32 Å². The van der Waals surface area contributed by atoms with Gasteiger partial charge in [0.25, 0.3) is 0 Å². The van der Waals surface area contributed by atoms with Gasteiger partial charge in [-0.15, -0.1) is 0 Å². The quantitative estimate of drug-likeness (QED) is 0.839. The Morgan fingerprint density at radius 1 is 1.00 bits per heavy atom. The molecule has 0 aromatic heterocycles. The topological polar surface area (TPSA) is 24.5 Å². The summed E-state index contributed by atoms with van der Waals surface area (Å²) in [5, 5.41) is 3.69. The number of nitrogens with one attached hydrogen (secondary N) is 1. The average molecular weight is 282 g/mol. The third-order valence-electron chi connectivity index (χ3n) is 4.95. The molecule has 0 amide bonds. The molecule has 3 heteroatoms.